The van der Waals surface area contributed by atoms with Crippen LogP contribution < -0.4 is 5.32 Å². The van der Waals surface area contributed by atoms with Crippen molar-refractivity contribution >= 4 is 33.0 Å². The summed E-state index contributed by atoms with van der Waals surface area (Å²) < 4.78 is 66.9. The van der Waals surface area contributed by atoms with Gasteiger partial charge in [0.25, 0.3) is 5.91 Å². The standard InChI is InChI=1S/C23H23ClF3NO4S/c1-2-23(30)13-4-5-14(23)9-16(8-13)33(31,32)20-7-12(3-6-17(20)24)22(29)28-15-10-18(25)21(27)19(26)11-15/h3,6-7,10-11,13-14,16,30H,2,4-5,8-9H2,1H3,(H,28,29)/t13-,14?,16-,23-/m0/s1. The maximum Gasteiger partial charge on any atom is 0.255 e. The number of nitrogens with one attached hydrogen (secondary N) is 1. The lowest BCUT2D eigenvalue weighted by Gasteiger charge is -2.42. The number of anilines is 1. The number of halogens is 4. The Labute approximate surface area is 194 Å². The lowest BCUT2D eigenvalue weighted by molar-refractivity contribution is -0.0610. The molecule has 2 aliphatic rings. The number of carbonyl (C=O) groups is 1. The van der Waals surface area contributed by atoms with Crippen LogP contribution in [0.3, 0.4) is 0 Å². The molecule has 178 valence electrons. The monoisotopic (exact) mass is 501 g/mol. The van der Waals surface area contributed by atoms with Gasteiger partial charge in [0.05, 0.1) is 20.8 Å². The van der Waals surface area contributed by atoms with Crippen molar-refractivity contribution < 1.29 is 31.5 Å². The molecular formula is C23H23ClF3NO4S. The molecule has 2 aromatic carbocycles. The maximum atomic E-state index is 13.4. The Morgan fingerprint density at radius 2 is 1.70 bits per heavy atom. The van der Waals surface area contributed by atoms with Crippen LogP contribution in [0.25, 0.3) is 0 Å². The van der Waals surface area contributed by atoms with Crippen molar-refractivity contribution in [3.05, 3.63) is 58.4 Å². The minimum absolute atomic E-state index is 0.0471. The molecule has 0 radical (unpaired) electrons. The first kappa shape index (κ1) is 24.0. The molecule has 10 heteroatoms. The molecule has 0 aliphatic heterocycles. The van der Waals surface area contributed by atoms with Gasteiger partial charge in [0.15, 0.2) is 27.3 Å². The van der Waals surface area contributed by atoms with Crippen LogP contribution >= 0.6 is 11.6 Å². The van der Waals surface area contributed by atoms with E-state index in [1.165, 1.54) is 12.1 Å². The number of benzene rings is 2. The predicted molar refractivity (Wildman–Crippen MR) is 117 cm³/mol. The Balaban J connectivity index is 1.60. The van der Waals surface area contributed by atoms with Gasteiger partial charge >= 0.3 is 0 Å². The van der Waals surface area contributed by atoms with Gasteiger partial charge in [0, 0.05) is 23.4 Å². The average Bonchev–Trinajstić information content (AvgIpc) is 2.93. The van der Waals surface area contributed by atoms with E-state index in [0.717, 1.165) is 18.9 Å². The molecule has 2 N–H and O–H groups in total. The highest BCUT2D eigenvalue weighted by Crippen LogP contribution is 2.53. The van der Waals surface area contributed by atoms with Crippen LogP contribution in [0.15, 0.2) is 35.2 Å². The number of sulfone groups is 1. The first-order valence-electron chi connectivity index (χ1n) is 10.7. The highest BCUT2D eigenvalue weighted by molar-refractivity contribution is 7.92. The molecule has 33 heavy (non-hydrogen) atoms. The lowest BCUT2D eigenvalue weighted by Crippen LogP contribution is -2.47. The average molecular weight is 502 g/mol. The van der Waals surface area contributed by atoms with Gasteiger partial charge in [-0.2, -0.15) is 0 Å². The number of rotatable bonds is 5. The third-order valence-corrected chi connectivity index (χ3v) is 9.77. The Bertz CT molecular complexity index is 1180. The summed E-state index contributed by atoms with van der Waals surface area (Å²) in [7, 11) is -3.92. The molecule has 0 aromatic heterocycles. The molecule has 2 aliphatic carbocycles. The summed E-state index contributed by atoms with van der Waals surface area (Å²) in [5, 5.41) is 12.4. The number of aliphatic hydroxyl groups is 1. The van der Waals surface area contributed by atoms with Crippen LogP contribution in [0.1, 0.15) is 49.4 Å². The molecule has 1 unspecified atom stereocenters. The van der Waals surface area contributed by atoms with Gasteiger partial charge in [0.2, 0.25) is 0 Å². The highest BCUT2D eigenvalue weighted by Gasteiger charge is 2.54. The van der Waals surface area contributed by atoms with Crippen molar-refractivity contribution in [2.75, 3.05) is 5.32 Å². The van der Waals surface area contributed by atoms with E-state index in [9.17, 15) is 31.5 Å². The molecule has 4 atom stereocenters. The van der Waals surface area contributed by atoms with E-state index < -0.39 is 44.0 Å². The van der Waals surface area contributed by atoms with Crippen molar-refractivity contribution in [2.24, 2.45) is 11.8 Å². The van der Waals surface area contributed by atoms with Crippen LogP contribution in [0, 0.1) is 29.3 Å². The van der Waals surface area contributed by atoms with Crippen LogP contribution in [-0.4, -0.2) is 30.3 Å². The second-order valence-electron chi connectivity index (χ2n) is 8.81. The van der Waals surface area contributed by atoms with Crippen molar-refractivity contribution in [1.82, 2.24) is 0 Å². The number of carbonyl (C=O) groups excluding carboxylic acids is 1. The van der Waals surface area contributed by atoms with Crippen molar-refractivity contribution in [3.8, 4) is 0 Å². The van der Waals surface area contributed by atoms with E-state index in [-0.39, 0.29) is 33.0 Å². The smallest absolute Gasteiger partial charge is 0.255 e. The molecule has 5 nitrogen and oxygen atoms in total. The molecule has 2 aromatic rings. The molecule has 4 rings (SSSR count). The molecule has 0 saturated heterocycles. The molecule has 2 bridgehead atoms. The Kier molecular flexibility index (Phi) is 6.26. The minimum atomic E-state index is -3.92. The van der Waals surface area contributed by atoms with Gasteiger partial charge in [-0.3, -0.25) is 4.79 Å². The molecule has 0 heterocycles. The van der Waals surface area contributed by atoms with E-state index in [1.807, 2.05) is 6.92 Å². The molecule has 1 amide bonds. The Morgan fingerprint density at radius 1 is 1.12 bits per heavy atom. The van der Waals surface area contributed by atoms with Crippen LogP contribution in [0.2, 0.25) is 5.02 Å². The Hall–Kier alpha value is -2.10. The van der Waals surface area contributed by atoms with E-state index in [0.29, 0.717) is 31.4 Å². The van der Waals surface area contributed by atoms with Crippen molar-refractivity contribution in [2.45, 2.75) is 54.8 Å². The first-order chi connectivity index (χ1) is 15.5. The van der Waals surface area contributed by atoms with Crippen LogP contribution in [0.4, 0.5) is 18.9 Å². The zero-order chi connectivity index (χ0) is 24.1. The molecule has 2 fully saturated rings. The second kappa shape index (κ2) is 8.60. The van der Waals surface area contributed by atoms with Gasteiger partial charge in [-0.05, 0) is 62.1 Å². The van der Waals surface area contributed by atoms with E-state index in [1.54, 1.807) is 0 Å². The zero-order valence-electron chi connectivity index (χ0n) is 17.7. The van der Waals surface area contributed by atoms with Crippen LogP contribution in [-0.2, 0) is 9.84 Å². The fraction of sp³-hybridized carbons (Fsp3) is 0.435. The largest absolute Gasteiger partial charge is 0.389 e. The van der Waals surface area contributed by atoms with Crippen molar-refractivity contribution in [3.63, 3.8) is 0 Å². The minimum Gasteiger partial charge on any atom is -0.389 e. The molecule has 2 saturated carbocycles. The third kappa shape index (κ3) is 4.15. The second-order valence-corrected chi connectivity index (χ2v) is 11.4. The van der Waals surface area contributed by atoms with Gasteiger partial charge in [-0.1, -0.05) is 18.5 Å². The SMILES string of the molecule is CC[C@@]1(O)C2CC[C@H]1C[C@H](S(=O)(=O)c1cc(C(=O)Nc3cc(F)c(F)c(F)c3)ccc1Cl)C2. The van der Waals surface area contributed by atoms with E-state index >= 15 is 0 Å². The summed E-state index contributed by atoms with van der Waals surface area (Å²) in [6, 6.07) is 4.93. The topological polar surface area (TPSA) is 83.5 Å². The highest BCUT2D eigenvalue weighted by atomic mass is 35.5. The number of amides is 1. The fourth-order valence-electron chi connectivity index (χ4n) is 5.31. The predicted octanol–water partition coefficient (Wildman–Crippen LogP) is 5.11. The van der Waals surface area contributed by atoms with Gasteiger partial charge in [0.1, 0.15) is 0 Å². The van der Waals surface area contributed by atoms with Gasteiger partial charge in [-0.25, -0.2) is 21.6 Å². The third-order valence-electron chi connectivity index (χ3n) is 7.12. The van der Waals surface area contributed by atoms with Crippen molar-refractivity contribution in [1.29, 1.82) is 0 Å². The fourth-order valence-corrected chi connectivity index (χ4v) is 7.72. The summed E-state index contributed by atoms with van der Waals surface area (Å²) in [4.78, 5) is 12.4. The molecule has 0 spiro atoms. The van der Waals surface area contributed by atoms with Gasteiger partial charge < -0.3 is 10.4 Å². The zero-order valence-corrected chi connectivity index (χ0v) is 19.3. The van der Waals surface area contributed by atoms with Gasteiger partial charge in [-0.15, -0.1) is 0 Å². The van der Waals surface area contributed by atoms with Crippen LogP contribution in [0.5, 0.6) is 0 Å². The quantitative estimate of drug-likeness (QED) is 0.557. The van der Waals surface area contributed by atoms with E-state index in [2.05, 4.69) is 5.32 Å². The lowest BCUT2D eigenvalue weighted by atomic mass is 9.73. The number of fused-ring (bicyclic) bond motifs is 2. The molecular weight excluding hydrogens is 479 g/mol. The number of hydrogen-bond donors (Lipinski definition) is 2. The normalized spacial score (nSPS) is 26.9. The maximum absolute atomic E-state index is 13.4. The summed E-state index contributed by atoms with van der Waals surface area (Å²) >= 11 is 6.19. The summed E-state index contributed by atoms with van der Waals surface area (Å²) in [6.45, 7) is 1.90. The summed E-state index contributed by atoms with van der Waals surface area (Å²) in [5.41, 5.74) is -1.26. The first-order valence-corrected chi connectivity index (χ1v) is 12.6. The summed E-state index contributed by atoms with van der Waals surface area (Å²) in [5.74, 6) is -5.67. The number of hydrogen-bond acceptors (Lipinski definition) is 4. The Morgan fingerprint density at radius 3 is 2.24 bits per heavy atom. The summed E-state index contributed by atoms with van der Waals surface area (Å²) in [6.07, 6.45) is 2.72. The van der Waals surface area contributed by atoms with E-state index in [4.69, 9.17) is 11.6 Å².